The zero-order valence-electron chi connectivity index (χ0n) is 13.2. The molecule has 1 aromatic heterocycles. The Hall–Kier alpha value is -2.45. The van der Waals surface area contributed by atoms with E-state index in [4.69, 9.17) is 15.2 Å². The number of nitrogens with two attached hydrogens (primary N) is 1. The minimum absolute atomic E-state index is 0. The second-order valence-electron chi connectivity index (χ2n) is 4.69. The van der Waals surface area contributed by atoms with Crippen molar-refractivity contribution < 1.29 is 23.0 Å². The molecule has 0 saturated carbocycles. The second-order valence-corrected chi connectivity index (χ2v) is 4.69. The molecular weight excluding hydrogens is 356 g/mol. The first-order valence-electron chi connectivity index (χ1n) is 7.20. The molecule has 9 heteroatoms. The zero-order chi connectivity index (χ0) is 17.4. The number of carbonyl (C=O) groups is 1. The second kappa shape index (κ2) is 10.4. The van der Waals surface area contributed by atoms with Gasteiger partial charge in [-0.05, 0) is 30.3 Å². The largest absolute Gasteiger partial charge is 0.492 e. The third-order valence-electron chi connectivity index (χ3n) is 2.84. The van der Waals surface area contributed by atoms with Crippen molar-refractivity contribution in [1.29, 1.82) is 0 Å². The molecule has 6 nitrogen and oxygen atoms in total. The minimum Gasteiger partial charge on any atom is -0.492 e. The summed E-state index contributed by atoms with van der Waals surface area (Å²) >= 11 is 0. The lowest BCUT2D eigenvalue weighted by molar-refractivity contribution is 0.0818. The predicted octanol–water partition coefficient (Wildman–Crippen LogP) is 2.74. The van der Waals surface area contributed by atoms with Crippen LogP contribution in [0.25, 0.3) is 0 Å². The highest BCUT2D eigenvalue weighted by molar-refractivity contribution is 6.03. The van der Waals surface area contributed by atoms with Gasteiger partial charge in [0, 0.05) is 24.5 Å². The summed E-state index contributed by atoms with van der Waals surface area (Å²) in [5.74, 6) is 0.313. The number of ether oxygens (including phenoxy) is 2. The van der Waals surface area contributed by atoms with Gasteiger partial charge in [0.2, 0.25) is 0 Å². The Labute approximate surface area is 149 Å². The normalized spacial score (nSPS) is 10.1. The van der Waals surface area contributed by atoms with E-state index in [0.29, 0.717) is 24.6 Å². The van der Waals surface area contributed by atoms with E-state index in [1.54, 1.807) is 24.3 Å². The predicted molar refractivity (Wildman–Crippen MR) is 91.9 cm³/mol. The van der Waals surface area contributed by atoms with E-state index < -0.39 is 18.9 Å². The number of alkyl halides is 2. The Balaban J connectivity index is 0.00000312. The third-order valence-corrected chi connectivity index (χ3v) is 2.84. The fourth-order valence-corrected chi connectivity index (χ4v) is 1.79. The highest BCUT2D eigenvalue weighted by Crippen LogP contribution is 2.17. The smallest absolute Gasteiger partial charge is 0.274 e. The van der Waals surface area contributed by atoms with Crippen LogP contribution < -0.4 is 20.5 Å². The molecule has 0 spiro atoms. The number of nitrogens with one attached hydrogen (secondary N) is 1. The lowest BCUT2D eigenvalue weighted by Gasteiger charge is -2.09. The molecule has 1 heterocycles. The number of hydrogen-bond acceptors (Lipinski definition) is 5. The maximum Gasteiger partial charge on any atom is 0.274 e. The van der Waals surface area contributed by atoms with Gasteiger partial charge in [0.25, 0.3) is 12.3 Å². The molecule has 3 N–H and O–H groups in total. The molecule has 2 rings (SSSR count). The highest BCUT2D eigenvalue weighted by Gasteiger charge is 2.10. The van der Waals surface area contributed by atoms with Crippen molar-refractivity contribution >= 4 is 24.0 Å². The van der Waals surface area contributed by atoms with Gasteiger partial charge < -0.3 is 20.5 Å². The molecule has 25 heavy (non-hydrogen) atoms. The molecule has 136 valence electrons. The Bertz CT molecular complexity index is 672. The van der Waals surface area contributed by atoms with Gasteiger partial charge in [-0.2, -0.15) is 0 Å². The van der Waals surface area contributed by atoms with E-state index in [1.807, 2.05) is 0 Å². The number of halogens is 3. The van der Waals surface area contributed by atoms with Crippen molar-refractivity contribution in [2.24, 2.45) is 5.73 Å². The number of rotatable bonds is 8. The van der Waals surface area contributed by atoms with Crippen LogP contribution in [0.5, 0.6) is 11.5 Å². The molecule has 0 aliphatic carbocycles. The molecule has 0 fully saturated rings. The van der Waals surface area contributed by atoms with Gasteiger partial charge in [0.15, 0.2) is 0 Å². The average Bonchev–Trinajstić information content (AvgIpc) is 2.59. The molecule has 0 radical (unpaired) electrons. The summed E-state index contributed by atoms with van der Waals surface area (Å²) in [6.07, 6.45) is -1.27. The van der Waals surface area contributed by atoms with Gasteiger partial charge in [-0.3, -0.25) is 9.78 Å². The number of carbonyl (C=O) groups excluding carboxylic acids is 1. The van der Waals surface area contributed by atoms with Crippen LogP contribution in [0.15, 0.2) is 42.6 Å². The fraction of sp³-hybridized carbons (Fsp3) is 0.250. The Morgan fingerprint density at radius 2 is 1.88 bits per heavy atom. The number of amides is 1. The van der Waals surface area contributed by atoms with Gasteiger partial charge >= 0.3 is 0 Å². The Morgan fingerprint density at radius 1 is 1.16 bits per heavy atom. The van der Waals surface area contributed by atoms with Crippen LogP contribution in [0.3, 0.4) is 0 Å². The maximum absolute atomic E-state index is 12.1. The molecular formula is C16H18ClF2N3O3. The fourth-order valence-electron chi connectivity index (χ4n) is 1.79. The van der Waals surface area contributed by atoms with Crippen molar-refractivity contribution in [3.63, 3.8) is 0 Å². The first kappa shape index (κ1) is 20.6. The van der Waals surface area contributed by atoms with E-state index in [1.165, 1.54) is 18.3 Å². The van der Waals surface area contributed by atoms with Gasteiger partial charge in [-0.1, -0.05) is 0 Å². The number of nitrogens with zero attached hydrogens (tertiary/aromatic N) is 1. The monoisotopic (exact) mass is 373 g/mol. The van der Waals surface area contributed by atoms with Gasteiger partial charge in [-0.25, -0.2) is 8.78 Å². The molecule has 0 aliphatic heterocycles. The maximum atomic E-state index is 12.1. The molecule has 0 bridgehead atoms. The molecule has 2 aromatic rings. The number of anilines is 1. The van der Waals surface area contributed by atoms with Crippen molar-refractivity contribution in [2.75, 3.05) is 25.1 Å². The average molecular weight is 374 g/mol. The summed E-state index contributed by atoms with van der Waals surface area (Å²) in [6, 6.07) is 9.43. The molecule has 1 amide bonds. The van der Waals surface area contributed by atoms with E-state index in [0.717, 1.165) is 0 Å². The van der Waals surface area contributed by atoms with Crippen molar-refractivity contribution in [1.82, 2.24) is 4.98 Å². The van der Waals surface area contributed by atoms with E-state index in [9.17, 15) is 13.6 Å². The first-order valence-corrected chi connectivity index (χ1v) is 7.20. The lowest BCUT2D eigenvalue weighted by atomic mass is 10.2. The summed E-state index contributed by atoms with van der Waals surface area (Å²) in [5.41, 5.74) is 5.95. The SMILES string of the molecule is Cl.NCCOc1ccc(NC(=O)c2cc(OCC(F)F)ccn2)cc1. The summed E-state index contributed by atoms with van der Waals surface area (Å²) < 4.78 is 34.5. The van der Waals surface area contributed by atoms with Crippen LogP contribution in [0.4, 0.5) is 14.5 Å². The summed E-state index contributed by atoms with van der Waals surface area (Å²) in [5, 5.41) is 2.65. The Kier molecular flexibility index (Phi) is 8.59. The van der Waals surface area contributed by atoms with Gasteiger partial charge in [0.05, 0.1) is 0 Å². The van der Waals surface area contributed by atoms with Crippen molar-refractivity contribution in [2.45, 2.75) is 6.43 Å². The van der Waals surface area contributed by atoms with Gasteiger partial charge in [-0.15, -0.1) is 12.4 Å². The summed E-state index contributed by atoms with van der Waals surface area (Å²) in [4.78, 5) is 16.0. The molecule has 0 unspecified atom stereocenters. The van der Waals surface area contributed by atoms with Crippen LogP contribution in [-0.2, 0) is 0 Å². The van der Waals surface area contributed by atoms with Crippen LogP contribution in [0, 0.1) is 0 Å². The van der Waals surface area contributed by atoms with Crippen LogP contribution in [0.1, 0.15) is 10.5 Å². The Morgan fingerprint density at radius 3 is 2.52 bits per heavy atom. The summed E-state index contributed by atoms with van der Waals surface area (Å²) in [7, 11) is 0. The van der Waals surface area contributed by atoms with Crippen LogP contribution in [-0.4, -0.2) is 37.1 Å². The first-order chi connectivity index (χ1) is 11.6. The number of aromatic nitrogens is 1. The molecule has 0 atom stereocenters. The summed E-state index contributed by atoms with van der Waals surface area (Å²) in [6.45, 7) is 0.0739. The zero-order valence-corrected chi connectivity index (χ0v) is 14.0. The highest BCUT2D eigenvalue weighted by atomic mass is 35.5. The number of pyridine rings is 1. The van der Waals surface area contributed by atoms with E-state index in [2.05, 4.69) is 10.3 Å². The van der Waals surface area contributed by atoms with Crippen LogP contribution in [0.2, 0.25) is 0 Å². The van der Waals surface area contributed by atoms with E-state index >= 15 is 0 Å². The topological polar surface area (TPSA) is 86.5 Å². The molecule has 1 aromatic carbocycles. The molecule has 0 aliphatic rings. The van der Waals surface area contributed by atoms with Gasteiger partial charge in [0.1, 0.15) is 30.4 Å². The lowest BCUT2D eigenvalue weighted by Crippen LogP contribution is -2.14. The quantitative estimate of drug-likeness (QED) is 0.743. The van der Waals surface area contributed by atoms with Crippen LogP contribution >= 0.6 is 12.4 Å². The third kappa shape index (κ3) is 6.90. The van der Waals surface area contributed by atoms with Crippen molar-refractivity contribution in [3.8, 4) is 11.5 Å². The number of hydrogen-bond donors (Lipinski definition) is 2. The number of benzene rings is 1. The standard InChI is InChI=1S/C16H17F2N3O3.ClH/c17-15(18)10-24-13-5-7-20-14(9-13)16(22)21-11-1-3-12(4-2-11)23-8-6-19;/h1-5,7,9,15H,6,8,10,19H2,(H,21,22);1H. The molecule has 0 saturated heterocycles. The minimum atomic E-state index is -2.59. The van der Waals surface area contributed by atoms with Crippen molar-refractivity contribution in [3.05, 3.63) is 48.3 Å². The van der Waals surface area contributed by atoms with E-state index in [-0.39, 0.29) is 23.9 Å².